The molecular formula is C7H12N2O3. The van der Waals surface area contributed by atoms with Gasteiger partial charge in [-0.1, -0.05) is 0 Å². The minimum absolute atomic E-state index is 0.0857. The second-order valence-electron chi connectivity index (χ2n) is 2.97. The molecule has 68 valence electrons. The third-order valence-corrected chi connectivity index (χ3v) is 1.75. The maximum absolute atomic E-state index is 11.1. The number of nitrogens with one attached hydrogen (secondary N) is 2. The Balaban J connectivity index is 2.45. The first-order valence-corrected chi connectivity index (χ1v) is 3.85. The fourth-order valence-corrected chi connectivity index (χ4v) is 1.15. The van der Waals surface area contributed by atoms with Gasteiger partial charge in [0, 0.05) is 12.6 Å². The summed E-state index contributed by atoms with van der Waals surface area (Å²) in [5.41, 5.74) is 0. The molecule has 0 aliphatic carbocycles. The highest BCUT2D eigenvalue weighted by atomic mass is 16.4. The summed E-state index contributed by atoms with van der Waals surface area (Å²) in [4.78, 5) is 21.4. The summed E-state index contributed by atoms with van der Waals surface area (Å²) in [5, 5.41) is 14.0. The Bertz CT molecular complexity index is 205. The lowest BCUT2D eigenvalue weighted by molar-refractivity contribution is -0.140. The Hall–Kier alpha value is -1.10. The van der Waals surface area contributed by atoms with E-state index in [1.165, 1.54) is 0 Å². The van der Waals surface area contributed by atoms with Crippen LogP contribution in [0.25, 0.3) is 0 Å². The van der Waals surface area contributed by atoms with Gasteiger partial charge in [-0.05, 0) is 6.92 Å². The molecule has 1 heterocycles. The highest BCUT2D eigenvalue weighted by molar-refractivity contribution is 5.86. The van der Waals surface area contributed by atoms with Crippen LogP contribution in [0.15, 0.2) is 0 Å². The summed E-state index contributed by atoms with van der Waals surface area (Å²) in [5.74, 6) is -1.19. The van der Waals surface area contributed by atoms with Gasteiger partial charge in [-0.25, -0.2) is 0 Å². The summed E-state index contributed by atoms with van der Waals surface area (Å²) in [6.45, 7) is 2.49. The molecule has 1 aliphatic rings. The van der Waals surface area contributed by atoms with Crippen LogP contribution in [0.2, 0.25) is 0 Å². The van der Waals surface area contributed by atoms with E-state index in [1.54, 1.807) is 0 Å². The van der Waals surface area contributed by atoms with Crippen molar-refractivity contribution in [1.82, 2.24) is 10.6 Å². The maximum atomic E-state index is 11.1. The van der Waals surface area contributed by atoms with Gasteiger partial charge in [0.1, 0.15) is 0 Å². The van der Waals surface area contributed by atoms with Crippen LogP contribution in [-0.4, -0.2) is 35.6 Å². The number of hydrogen-bond donors (Lipinski definition) is 3. The Morgan fingerprint density at radius 2 is 2.42 bits per heavy atom. The number of hydrogen-bond acceptors (Lipinski definition) is 3. The van der Waals surface area contributed by atoms with Gasteiger partial charge in [0.05, 0.1) is 12.5 Å². The molecule has 0 aromatic carbocycles. The van der Waals surface area contributed by atoms with Gasteiger partial charge in [-0.2, -0.15) is 0 Å². The van der Waals surface area contributed by atoms with Crippen molar-refractivity contribution < 1.29 is 14.7 Å². The second kappa shape index (κ2) is 3.53. The molecule has 0 aromatic rings. The normalized spacial score (nSPS) is 29.6. The molecule has 5 nitrogen and oxygen atoms in total. The number of carboxylic acids is 1. The van der Waals surface area contributed by atoms with Crippen molar-refractivity contribution >= 4 is 11.9 Å². The first-order chi connectivity index (χ1) is 5.59. The molecule has 2 unspecified atom stereocenters. The van der Waals surface area contributed by atoms with Crippen molar-refractivity contribution in [2.75, 3.05) is 6.54 Å². The summed E-state index contributed by atoms with van der Waals surface area (Å²) in [7, 11) is 0. The largest absolute Gasteiger partial charge is 0.481 e. The van der Waals surface area contributed by atoms with Crippen LogP contribution in [0.3, 0.4) is 0 Å². The number of carboxylic acid groups (broad SMARTS) is 1. The summed E-state index contributed by atoms with van der Waals surface area (Å²) in [6, 6.07) is -0.485. The van der Waals surface area contributed by atoms with Gasteiger partial charge in [0.25, 0.3) is 0 Å². The zero-order valence-corrected chi connectivity index (χ0v) is 6.83. The topological polar surface area (TPSA) is 78.4 Å². The standard InChI is InChI=1S/C7H12N2O3/c1-4-3-8-5(2-6(10)11)7(12)9-4/h4-5,8H,2-3H2,1H3,(H,9,12)(H,10,11). The Morgan fingerprint density at radius 3 is 2.92 bits per heavy atom. The van der Waals surface area contributed by atoms with Crippen LogP contribution in [0, 0.1) is 0 Å². The van der Waals surface area contributed by atoms with Gasteiger partial charge < -0.3 is 15.7 Å². The van der Waals surface area contributed by atoms with Gasteiger partial charge >= 0.3 is 5.97 Å². The van der Waals surface area contributed by atoms with E-state index in [0.717, 1.165) is 0 Å². The monoisotopic (exact) mass is 172 g/mol. The summed E-state index contributed by atoms with van der Waals surface area (Å²) in [6.07, 6.45) is -0.154. The molecule has 0 spiro atoms. The minimum Gasteiger partial charge on any atom is -0.481 e. The maximum Gasteiger partial charge on any atom is 0.305 e. The smallest absolute Gasteiger partial charge is 0.305 e. The molecule has 1 aliphatic heterocycles. The summed E-state index contributed by atoms with van der Waals surface area (Å²) >= 11 is 0. The lowest BCUT2D eigenvalue weighted by Gasteiger charge is -2.27. The molecule has 0 aromatic heterocycles. The molecule has 0 bridgehead atoms. The molecule has 2 atom stereocenters. The zero-order chi connectivity index (χ0) is 9.14. The molecule has 0 radical (unpaired) electrons. The van der Waals surface area contributed by atoms with Gasteiger partial charge in [-0.15, -0.1) is 0 Å². The molecule has 1 saturated heterocycles. The summed E-state index contributed by atoms with van der Waals surface area (Å²) < 4.78 is 0. The molecular weight excluding hydrogens is 160 g/mol. The number of piperazine rings is 1. The molecule has 3 N–H and O–H groups in total. The number of carbonyl (C=O) groups is 2. The van der Waals surface area contributed by atoms with Crippen molar-refractivity contribution in [2.45, 2.75) is 25.4 Å². The Morgan fingerprint density at radius 1 is 1.75 bits per heavy atom. The van der Waals surface area contributed by atoms with E-state index in [-0.39, 0.29) is 18.4 Å². The highest BCUT2D eigenvalue weighted by Gasteiger charge is 2.26. The van der Waals surface area contributed by atoms with E-state index in [0.29, 0.717) is 6.54 Å². The highest BCUT2D eigenvalue weighted by Crippen LogP contribution is 1.98. The van der Waals surface area contributed by atoms with Crippen LogP contribution in [-0.2, 0) is 9.59 Å². The fraction of sp³-hybridized carbons (Fsp3) is 0.714. The lowest BCUT2D eigenvalue weighted by atomic mass is 10.1. The van der Waals surface area contributed by atoms with E-state index >= 15 is 0 Å². The van der Waals surface area contributed by atoms with Crippen LogP contribution in [0.1, 0.15) is 13.3 Å². The number of aliphatic carboxylic acids is 1. The fourth-order valence-electron chi connectivity index (χ4n) is 1.15. The van der Waals surface area contributed by atoms with E-state index in [2.05, 4.69) is 10.6 Å². The average Bonchev–Trinajstić information content (AvgIpc) is 1.94. The minimum atomic E-state index is -0.961. The van der Waals surface area contributed by atoms with E-state index in [9.17, 15) is 9.59 Å². The van der Waals surface area contributed by atoms with Gasteiger partial charge in [-0.3, -0.25) is 9.59 Å². The van der Waals surface area contributed by atoms with Crippen LogP contribution in [0.4, 0.5) is 0 Å². The van der Waals surface area contributed by atoms with Crippen molar-refractivity contribution in [3.05, 3.63) is 0 Å². The molecule has 1 rings (SSSR count). The number of rotatable bonds is 2. The van der Waals surface area contributed by atoms with E-state index in [4.69, 9.17) is 5.11 Å². The SMILES string of the molecule is CC1CNC(CC(=O)O)C(=O)N1. The predicted molar refractivity (Wildman–Crippen MR) is 41.6 cm³/mol. The first-order valence-electron chi connectivity index (χ1n) is 3.85. The number of amides is 1. The first kappa shape index (κ1) is 8.99. The average molecular weight is 172 g/mol. The Kier molecular flexibility index (Phi) is 2.65. The van der Waals surface area contributed by atoms with Crippen molar-refractivity contribution in [1.29, 1.82) is 0 Å². The Labute approximate surface area is 70.1 Å². The zero-order valence-electron chi connectivity index (χ0n) is 6.83. The third-order valence-electron chi connectivity index (χ3n) is 1.75. The number of carbonyl (C=O) groups excluding carboxylic acids is 1. The molecule has 1 fully saturated rings. The predicted octanol–water partition coefficient (Wildman–Crippen LogP) is -1.06. The second-order valence-corrected chi connectivity index (χ2v) is 2.97. The van der Waals surface area contributed by atoms with E-state index in [1.807, 2.05) is 6.92 Å². The van der Waals surface area contributed by atoms with Crippen LogP contribution < -0.4 is 10.6 Å². The van der Waals surface area contributed by atoms with Gasteiger partial charge in [0.2, 0.25) is 5.91 Å². The van der Waals surface area contributed by atoms with Crippen molar-refractivity contribution in [3.8, 4) is 0 Å². The van der Waals surface area contributed by atoms with Crippen LogP contribution in [0.5, 0.6) is 0 Å². The van der Waals surface area contributed by atoms with E-state index < -0.39 is 12.0 Å². The van der Waals surface area contributed by atoms with Crippen molar-refractivity contribution in [2.24, 2.45) is 0 Å². The molecule has 1 amide bonds. The quantitative estimate of drug-likeness (QED) is 0.496. The molecule has 5 heteroatoms. The molecule has 0 saturated carbocycles. The lowest BCUT2D eigenvalue weighted by Crippen LogP contribution is -2.57. The third kappa shape index (κ3) is 2.20. The van der Waals surface area contributed by atoms with Crippen molar-refractivity contribution in [3.63, 3.8) is 0 Å². The van der Waals surface area contributed by atoms with Gasteiger partial charge in [0.15, 0.2) is 0 Å². The van der Waals surface area contributed by atoms with Crippen LogP contribution >= 0.6 is 0 Å². The molecule has 12 heavy (non-hydrogen) atoms.